The minimum absolute atomic E-state index is 0.217. The number of fused-ring (bicyclic) bond motifs is 3. The van der Waals surface area contributed by atoms with Crippen molar-refractivity contribution in [1.29, 1.82) is 0 Å². The molecule has 0 saturated carbocycles. The molecule has 2 heterocycles. The van der Waals surface area contributed by atoms with E-state index in [1.54, 1.807) is 0 Å². The van der Waals surface area contributed by atoms with Crippen LogP contribution in [0.15, 0.2) is 146 Å². The first-order chi connectivity index (χ1) is 21.3. The molecule has 0 spiro atoms. The molecule has 5 heteroatoms. The Morgan fingerprint density at radius 3 is 1.44 bits per heavy atom. The topological polar surface area (TPSA) is 51.6 Å². The van der Waals surface area contributed by atoms with Gasteiger partial charge in [0, 0.05) is 11.1 Å². The summed E-state index contributed by atoms with van der Waals surface area (Å²) < 4.78 is 2.54. The van der Waals surface area contributed by atoms with Gasteiger partial charge in [0.25, 0.3) is 0 Å². The third-order valence-electron chi connectivity index (χ3n) is 7.57. The van der Waals surface area contributed by atoms with E-state index in [1.807, 2.05) is 60.7 Å². The molecule has 0 unspecified atom stereocenters. The molecule has 4 nitrogen and oxygen atoms in total. The first-order valence-electron chi connectivity index (χ1n) is 14.1. The fourth-order valence-electron chi connectivity index (χ4n) is 5.35. The van der Waals surface area contributed by atoms with Gasteiger partial charge < -0.3 is 0 Å². The van der Waals surface area contributed by atoms with Gasteiger partial charge in [-0.1, -0.05) is 60.7 Å². The van der Waals surface area contributed by atoms with Crippen molar-refractivity contribution in [1.82, 2.24) is 19.9 Å². The molecule has 202 valence electrons. The quantitative estimate of drug-likeness (QED) is 0.181. The minimum Gasteiger partial charge on any atom is -0.0615 e. The molecule has 0 fully saturated rings. The standard InChI is InChI=1S/C38H24N4Se/c1-4-10-26(11-5-1)35-40-36(27-12-6-2-7-13-27)42-37(41-35)28-18-16-25(17-19-28)30-20-22-32-31(24-30)21-23-33-34(32)39-38(43-33)29-14-8-3-9-15-29/h1-24H. The van der Waals surface area contributed by atoms with Crippen molar-refractivity contribution in [2.24, 2.45) is 0 Å². The molecule has 0 aliphatic heterocycles. The van der Waals surface area contributed by atoms with Crippen LogP contribution in [0.1, 0.15) is 0 Å². The van der Waals surface area contributed by atoms with E-state index in [0.717, 1.165) is 27.8 Å². The summed E-state index contributed by atoms with van der Waals surface area (Å²) in [7, 11) is 0. The molecule has 0 aliphatic carbocycles. The van der Waals surface area contributed by atoms with Gasteiger partial charge >= 0.3 is 168 Å². The summed E-state index contributed by atoms with van der Waals surface area (Å²) in [4.78, 5) is 19.6. The predicted octanol–water partition coefficient (Wildman–Crippen LogP) is 8.96. The number of rotatable bonds is 5. The number of benzene rings is 6. The number of hydrogen-bond donors (Lipinski definition) is 0. The molecule has 0 amide bonds. The second-order valence-corrected chi connectivity index (χ2v) is 12.5. The van der Waals surface area contributed by atoms with E-state index in [2.05, 4.69) is 84.9 Å². The van der Waals surface area contributed by atoms with Gasteiger partial charge in [-0.25, -0.2) is 4.98 Å². The Balaban J connectivity index is 1.15. The van der Waals surface area contributed by atoms with Gasteiger partial charge in [0.1, 0.15) is 0 Å². The number of nitrogens with zero attached hydrogens (tertiary/aromatic N) is 4. The van der Waals surface area contributed by atoms with Crippen LogP contribution in [-0.2, 0) is 0 Å². The average Bonchev–Trinajstić information content (AvgIpc) is 3.54. The smallest absolute Gasteiger partial charge is 0.0615 e. The Labute approximate surface area is 255 Å². The number of hydrogen-bond acceptors (Lipinski definition) is 4. The van der Waals surface area contributed by atoms with E-state index in [1.165, 1.54) is 30.7 Å². The van der Waals surface area contributed by atoms with Crippen molar-refractivity contribution < 1.29 is 0 Å². The van der Waals surface area contributed by atoms with Gasteiger partial charge in [-0.05, 0) is 0 Å². The van der Waals surface area contributed by atoms with Gasteiger partial charge in [0.05, 0.1) is 0 Å². The monoisotopic (exact) mass is 616 g/mol. The molecule has 0 atom stereocenters. The second-order valence-electron chi connectivity index (χ2n) is 10.3. The van der Waals surface area contributed by atoms with Crippen LogP contribution in [0.5, 0.6) is 0 Å². The number of aromatic nitrogens is 4. The molecule has 6 aromatic carbocycles. The minimum atomic E-state index is 0.217. The van der Waals surface area contributed by atoms with Crippen molar-refractivity contribution in [3.63, 3.8) is 0 Å². The van der Waals surface area contributed by atoms with Gasteiger partial charge in [-0.15, -0.1) is 0 Å². The van der Waals surface area contributed by atoms with Gasteiger partial charge in [-0.3, -0.25) is 0 Å². The first kappa shape index (κ1) is 25.5. The van der Waals surface area contributed by atoms with E-state index in [9.17, 15) is 0 Å². The summed E-state index contributed by atoms with van der Waals surface area (Å²) in [6, 6.07) is 50.3. The Bertz CT molecular complexity index is 2150. The van der Waals surface area contributed by atoms with Crippen molar-refractivity contribution in [3.05, 3.63) is 146 Å². The Kier molecular flexibility index (Phi) is 6.45. The summed E-state index contributed by atoms with van der Waals surface area (Å²) in [6.07, 6.45) is 0. The Morgan fingerprint density at radius 2 is 0.860 bits per heavy atom. The van der Waals surface area contributed by atoms with Gasteiger partial charge in [0.2, 0.25) is 0 Å². The zero-order valence-corrected chi connectivity index (χ0v) is 24.8. The molecule has 43 heavy (non-hydrogen) atoms. The van der Waals surface area contributed by atoms with Crippen molar-refractivity contribution in [2.75, 3.05) is 0 Å². The fourth-order valence-corrected chi connectivity index (χ4v) is 7.42. The van der Waals surface area contributed by atoms with E-state index in [4.69, 9.17) is 19.9 Å². The van der Waals surface area contributed by atoms with Gasteiger partial charge in [-0.2, -0.15) is 0 Å². The summed E-state index contributed by atoms with van der Waals surface area (Å²) in [5, 5.41) is 2.41. The normalized spacial score (nSPS) is 11.3. The molecule has 0 radical (unpaired) electrons. The van der Waals surface area contributed by atoms with Crippen molar-refractivity contribution >= 4 is 35.1 Å². The summed E-state index contributed by atoms with van der Waals surface area (Å²) in [5.74, 6) is 1.98. The van der Waals surface area contributed by atoms with Crippen LogP contribution in [0.2, 0.25) is 0 Å². The summed E-state index contributed by atoms with van der Waals surface area (Å²) >= 11 is 0.217. The molecule has 0 aliphatic rings. The molecule has 0 saturated heterocycles. The van der Waals surface area contributed by atoms with E-state index < -0.39 is 0 Å². The third kappa shape index (κ3) is 4.95. The molecular weight excluding hydrogens is 591 g/mol. The van der Waals surface area contributed by atoms with Crippen LogP contribution in [-0.4, -0.2) is 34.4 Å². The maximum absolute atomic E-state index is 5.08. The zero-order valence-electron chi connectivity index (χ0n) is 23.1. The van der Waals surface area contributed by atoms with E-state index in [0.29, 0.717) is 17.5 Å². The molecule has 0 N–H and O–H groups in total. The van der Waals surface area contributed by atoms with E-state index in [-0.39, 0.29) is 14.5 Å². The molecule has 0 bridgehead atoms. The molecule has 2 aromatic heterocycles. The molecule has 8 rings (SSSR count). The van der Waals surface area contributed by atoms with Crippen molar-refractivity contribution in [3.8, 4) is 55.4 Å². The Hall–Kier alpha value is -5.22. The first-order valence-corrected chi connectivity index (χ1v) is 15.9. The molecular formula is C38H24N4Se. The zero-order chi connectivity index (χ0) is 28.6. The predicted molar refractivity (Wildman–Crippen MR) is 177 cm³/mol. The van der Waals surface area contributed by atoms with Crippen LogP contribution in [0, 0.1) is 0 Å². The van der Waals surface area contributed by atoms with Crippen LogP contribution in [0.4, 0.5) is 0 Å². The van der Waals surface area contributed by atoms with E-state index >= 15 is 0 Å². The second kappa shape index (κ2) is 10.9. The SMILES string of the molecule is c1ccc(-c2nc(-c3ccccc3)nc(-c3ccc(-c4ccc5c(ccc6[se]c(-c7ccccc7)nc65)c4)cc3)n2)cc1. The average molecular weight is 616 g/mol. The van der Waals surface area contributed by atoms with Crippen LogP contribution in [0.3, 0.4) is 0 Å². The maximum atomic E-state index is 5.08. The molecule has 8 aromatic rings. The third-order valence-corrected chi connectivity index (χ3v) is 9.82. The van der Waals surface area contributed by atoms with Crippen LogP contribution >= 0.6 is 0 Å². The van der Waals surface area contributed by atoms with Crippen molar-refractivity contribution in [2.45, 2.75) is 0 Å². The van der Waals surface area contributed by atoms with Crippen LogP contribution in [0.25, 0.3) is 76.0 Å². The van der Waals surface area contributed by atoms with Gasteiger partial charge in [0.15, 0.2) is 11.6 Å². The fraction of sp³-hybridized carbons (Fsp3) is 0. The van der Waals surface area contributed by atoms with Crippen LogP contribution < -0.4 is 0 Å². The Morgan fingerprint density at radius 1 is 0.372 bits per heavy atom. The summed E-state index contributed by atoms with van der Waals surface area (Å²) in [6.45, 7) is 0. The summed E-state index contributed by atoms with van der Waals surface area (Å²) in [5.41, 5.74) is 7.52.